The summed E-state index contributed by atoms with van der Waals surface area (Å²) in [6.45, 7) is -1.65. The van der Waals surface area contributed by atoms with Crippen molar-refractivity contribution in [1.82, 2.24) is 21.3 Å². The Labute approximate surface area is 209 Å². The SMILES string of the molecule is NC(N)=NCCC[C@H](NC(=O)CCC(=O)O)C(=O)NCC(=O)N[C@@H](CC(=O)O)C(=O)N[C@@H](CO)C(=O)O. The van der Waals surface area contributed by atoms with Crippen LogP contribution in [0.1, 0.15) is 32.1 Å². The Morgan fingerprint density at radius 1 is 0.757 bits per heavy atom. The molecule has 0 aliphatic rings. The Hall–Kier alpha value is -4.48. The molecule has 0 rings (SSSR count). The molecule has 37 heavy (non-hydrogen) atoms. The van der Waals surface area contributed by atoms with Gasteiger partial charge in [0.25, 0.3) is 0 Å². The molecule has 0 fully saturated rings. The molecule has 0 aromatic heterocycles. The quantitative estimate of drug-likeness (QED) is 0.0449. The Morgan fingerprint density at radius 2 is 1.38 bits per heavy atom. The van der Waals surface area contributed by atoms with Crippen molar-refractivity contribution in [2.75, 3.05) is 19.7 Å². The van der Waals surface area contributed by atoms with E-state index in [1.165, 1.54) is 0 Å². The van der Waals surface area contributed by atoms with E-state index < -0.39 is 92.1 Å². The van der Waals surface area contributed by atoms with Crippen LogP contribution in [0.4, 0.5) is 0 Å². The van der Waals surface area contributed by atoms with Crippen LogP contribution in [-0.4, -0.2) is 106 Å². The molecule has 3 atom stereocenters. The second kappa shape index (κ2) is 17.0. The zero-order valence-electron chi connectivity index (χ0n) is 19.6. The topological polar surface area (TPSA) is 313 Å². The highest BCUT2D eigenvalue weighted by molar-refractivity contribution is 5.95. The molecule has 0 aliphatic carbocycles. The van der Waals surface area contributed by atoms with E-state index in [0.717, 1.165) is 0 Å². The van der Waals surface area contributed by atoms with Gasteiger partial charge in [-0.25, -0.2) is 4.79 Å². The van der Waals surface area contributed by atoms with Gasteiger partial charge in [-0.05, 0) is 12.8 Å². The number of aliphatic hydroxyl groups is 1. The number of aliphatic imine (C=N–C) groups is 1. The number of aliphatic carboxylic acids is 3. The predicted molar refractivity (Wildman–Crippen MR) is 123 cm³/mol. The Morgan fingerprint density at radius 3 is 1.89 bits per heavy atom. The Bertz CT molecular complexity index is 890. The normalized spacial score (nSPS) is 12.7. The molecule has 0 spiro atoms. The maximum Gasteiger partial charge on any atom is 0.328 e. The van der Waals surface area contributed by atoms with Crippen molar-refractivity contribution in [3.05, 3.63) is 0 Å². The molecule has 0 aromatic carbocycles. The lowest BCUT2D eigenvalue weighted by Gasteiger charge is -2.20. The molecule has 0 saturated heterocycles. The number of hydrogen-bond donors (Lipinski definition) is 10. The number of amides is 4. The van der Waals surface area contributed by atoms with Crippen LogP contribution in [0.2, 0.25) is 0 Å². The van der Waals surface area contributed by atoms with Gasteiger partial charge >= 0.3 is 17.9 Å². The number of nitrogens with zero attached hydrogens (tertiary/aromatic N) is 1. The van der Waals surface area contributed by atoms with Crippen LogP contribution in [0.25, 0.3) is 0 Å². The highest BCUT2D eigenvalue weighted by atomic mass is 16.4. The van der Waals surface area contributed by atoms with Crippen LogP contribution in [0.5, 0.6) is 0 Å². The largest absolute Gasteiger partial charge is 0.481 e. The third kappa shape index (κ3) is 15.2. The van der Waals surface area contributed by atoms with E-state index in [2.05, 4.69) is 15.6 Å². The van der Waals surface area contributed by atoms with Gasteiger partial charge in [0, 0.05) is 13.0 Å². The molecule has 0 saturated carbocycles. The highest BCUT2D eigenvalue weighted by Gasteiger charge is 2.28. The molecule has 0 heterocycles. The Balaban J connectivity index is 5.17. The monoisotopic (exact) mass is 533 g/mol. The first-order chi connectivity index (χ1) is 17.3. The number of rotatable bonds is 18. The van der Waals surface area contributed by atoms with E-state index >= 15 is 0 Å². The average molecular weight is 533 g/mol. The van der Waals surface area contributed by atoms with E-state index in [1.807, 2.05) is 10.6 Å². The summed E-state index contributed by atoms with van der Waals surface area (Å²) in [4.78, 5) is 85.3. The van der Waals surface area contributed by atoms with Gasteiger partial charge in [0.1, 0.15) is 18.1 Å². The minimum atomic E-state index is -1.75. The lowest BCUT2D eigenvalue weighted by Crippen LogP contribution is -2.55. The summed E-state index contributed by atoms with van der Waals surface area (Å²) in [6, 6.07) is -4.69. The van der Waals surface area contributed by atoms with E-state index in [-0.39, 0.29) is 25.3 Å². The van der Waals surface area contributed by atoms with Crippen LogP contribution in [0, 0.1) is 0 Å². The smallest absolute Gasteiger partial charge is 0.328 e. The Kier molecular flexibility index (Phi) is 15.0. The summed E-state index contributed by atoms with van der Waals surface area (Å²) >= 11 is 0. The third-order valence-corrected chi connectivity index (χ3v) is 4.41. The van der Waals surface area contributed by atoms with Crippen molar-refractivity contribution in [2.45, 2.75) is 50.2 Å². The molecular weight excluding hydrogens is 502 g/mol. The van der Waals surface area contributed by atoms with Crippen molar-refractivity contribution < 1.29 is 54.0 Å². The molecule has 208 valence electrons. The van der Waals surface area contributed by atoms with E-state index in [0.29, 0.717) is 0 Å². The number of guanidine groups is 1. The second-order valence-electron chi connectivity index (χ2n) is 7.48. The first-order valence-corrected chi connectivity index (χ1v) is 10.8. The summed E-state index contributed by atoms with van der Waals surface area (Å²) in [5.41, 5.74) is 10.4. The van der Waals surface area contributed by atoms with Gasteiger partial charge < -0.3 is 53.2 Å². The zero-order chi connectivity index (χ0) is 28.5. The van der Waals surface area contributed by atoms with E-state index in [9.17, 15) is 33.6 Å². The zero-order valence-corrected chi connectivity index (χ0v) is 19.6. The lowest BCUT2D eigenvalue weighted by atomic mass is 10.1. The maximum atomic E-state index is 12.5. The van der Waals surface area contributed by atoms with E-state index in [1.54, 1.807) is 0 Å². The molecule has 12 N–H and O–H groups in total. The van der Waals surface area contributed by atoms with Gasteiger partial charge in [0.2, 0.25) is 23.6 Å². The summed E-state index contributed by atoms with van der Waals surface area (Å²) in [6.07, 6.45) is -1.60. The van der Waals surface area contributed by atoms with Crippen LogP contribution in [0.15, 0.2) is 4.99 Å². The van der Waals surface area contributed by atoms with Gasteiger partial charge in [-0.2, -0.15) is 0 Å². The summed E-state index contributed by atoms with van der Waals surface area (Å²) in [5.74, 6) is -8.36. The lowest BCUT2D eigenvalue weighted by molar-refractivity contribution is -0.144. The maximum absolute atomic E-state index is 12.5. The molecule has 0 unspecified atom stereocenters. The number of hydrogen-bond acceptors (Lipinski definition) is 9. The van der Waals surface area contributed by atoms with Crippen molar-refractivity contribution in [1.29, 1.82) is 0 Å². The minimum Gasteiger partial charge on any atom is -0.481 e. The van der Waals surface area contributed by atoms with Gasteiger partial charge in [-0.1, -0.05) is 0 Å². The molecular formula is C19H31N7O11. The fourth-order valence-electron chi connectivity index (χ4n) is 2.64. The molecule has 18 nitrogen and oxygen atoms in total. The van der Waals surface area contributed by atoms with Crippen LogP contribution in [0.3, 0.4) is 0 Å². The van der Waals surface area contributed by atoms with Crippen molar-refractivity contribution in [3.63, 3.8) is 0 Å². The predicted octanol–water partition coefficient (Wildman–Crippen LogP) is -4.97. The fourth-order valence-corrected chi connectivity index (χ4v) is 2.64. The minimum absolute atomic E-state index is 0.00479. The number of carbonyl (C=O) groups excluding carboxylic acids is 4. The standard InChI is InChI=1S/C19H31N7O11/c20-19(21)22-5-1-2-9(24-12(28)3-4-14(30)31)16(34)23-7-13(29)25-10(6-15(32)33)17(35)26-11(8-27)18(36)37/h9-11,27H,1-8H2,(H,23,34)(H,24,28)(H,25,29)(H,26,35)(H,30,31)(H,32,33)(H,36,37)(H4,20,21,22)/t9-,10-,11-/m0/s1. The third-order valence-electron chi connectivity index (χ3n) is 4.41. The fraction of sp³-hybridized carbons (Fsp3) is 0.579. The molecule has 18 heteroatoms. The summed E-state index contributed by atoms with van der Waals surface area (Å²) in [7, 11) is 0. The highest BCUT2D eigenvalue weighted by Crippen LogP contribution is 2.01. The average Bonchev–Trinajstić information content (AvgIpc) is 2.80. The second-order valence-corrected chi connectivity index (χ2v) is 7.48. The molecule has 0 bridgehead atoms. The molecule has 0 radical (unpaired) electrons. The number of nitrogens with two attached hydrogens (primary N) is 2. The van der Waals surface area contributed by atoms with Crippen molar-refractivity contribution >= 4 is 47.5 Å². The number of carboxylic acids is 3. The molecule has 0 aliphatic heterocycles. The number of carboxylic acid groups (broad SMARTS) is 3. The van der Waals surface area contributed by atoms with Crippen LogP contribution >= 0.6 is 0 Å². The first kappa shape index (κ1) is 32.5. The first-order valence-electron chi connectivity index (χ1n) is 10.8. The van der Waals surface area contributed by atoms with Gasteiger partial charge in [-0.3, -0.25) is 33.8 Å². The molecule has 4 amide bonds. The van der Waals surface area contributed by atoms with Crippen molar-refractivity contribution in [3.8, 4) is 0 Å². The number of nitrogens with one attached hydrogen (secondary N) is 4. The van der Waals surface area contributed by atoms with Crippen LogP contribution < -0.4 is 32.7 Å². The number of aliphatic hydroxyl groups excluding tert-OH is 1. The summed E-state index contributed by atoms with van der Waals surface area (Å²) in [5, 5.41) is 43.9. The number of carbonyl (C=O) groups is 7. The van der Waals surface area contributed by atoms with Crippen LogP contribution in [-0.2, 0) is 33.6 Å². The van der Waals surface area contributed by atoms with Gasteiger partial charge in [-0.15, -0.1) is 0 Å². The van der Waals surface area contributed by atoms with E-state index in [4.69, 9.17) is 31.9 Å². The molecule has 0 aromatic rings. The van der Waals surface area contributed by atoms with Gasteiger partial charge in [0.15, 0.2) is 5.96 Å². The van der Waals surface area contributed by atoms with Crippen molar-refractivity contribution in [2.24, 2.45) is 16.5 Å². The summed E-state index contributed by atoms with van der Waals surface area (Å²) < 4.78 is 0. The van der Waals surface area contributed by atoms with Gasteiger partial charge in [0.05, 0.1) is 26.0 Å².